The fourth-order valence-corrected chi connectivity index (χ4v) is 6.34. The fraction of sp³-hybridized carbons (Fsp3) is 0.412. The van der Waals surface area contributed by atoms with E-state index in [1.165, 1.54) is 30.4 Å². The number of thioether (sulfide) groups is 1. The maximum absolute atomic E-state index is 13.2. The molecule has 3 heterocycles. The van der Waals surface area contributed by atoms with E-state index in [9.17, 15) is 9.59 Å². The van der Waals surface area contributed by atoms with E-state index in [0.717, 1.165) is 35.0 Å². The lowest BCUT2D eigenvalue weighted by Gasteiger charge is -2.40. The number of aryl methyl sites for hydroxylation is 2. The first-order valence-electron chi connectivity index (χ1n) is 15.3. The maximum Gasteiger partial charge on any atom is 0.254 e. The Morgan fingerprint density at radius 2 is 1.77 bits per heavy atom. The molecule has 8 nitrogen and oxygen atoms in total. The van der Waals surface area contributed by atoms with Gasteiger partial charge >= 0.3 is 0 Å². The predicted molar refractivity (Wildman–Crippen MR) is 171 cm³/mol. The average molecular weight is 600 g/mol. The Labute approximate surface area is 258 Å². The number of carbonyl (C=O) groups is 2. The summed E-state index contributed by atoms with van der Waals surface area (Å²) in [4.78, 5) is 30.1. The van der Waals surface area contributed by atoms with Crippen LogP contribution in [0, 0.1) is 6.92 Å². The molecule has 1 unspecified atom stereocenters. The molecular weight excluding hydrogens is 558 g/mol. The number of furan rings is 1. The molecule has 43 heavy (non-hydrogen) atoms. The number of piperazine rings is 1. The standard InChI is InChI=1S/C34H41N5O3S/c1-4-5-6-9-27-14-16-28(17-15-27)33(41)38-21-20-37(24-26(38)3)31(40)11-8-23-43-34-36-35-32(30-10-7-22-42-30)39(34)29-18-12-25(2)13-19-29/h7,10,12-19,22,26H,4-6,8-9,11,20-21,23-24H2,1-3H3. The van der Waals surface area contributed by atoms with Crippen molar-refractivity contribution in [2.75, 3.05) is 25.4 Å². The van der Waals surface area contributed by atoms with Crippen LogP contribution in [0.4, 0.5) is 0 Å². The van der Waals surface area contributed by atoms with E-state index >= 15 is 0 Å². The second-order valence-corrected chi connectivity index (χ2v) is 12.3. The topological polar surface area (TPSA) is 84.5 Å². The largest absolute Gasteiger partial charge is 0.461 e. The van der Waals surface area contributed by atoms with Crippen LogP contribution in [0.1, 0.15) is 67.4 Å². The molecule has 1 aliphatic rings. The zero-order valence-corrected chi connectivity index (χ0v) is 26.2. The van der Waals surface area contributed by atoms with Gasteiger partial charge in [-0.05, 0) is 75.1 Å². The number of amides is 2. The van der Waals surface area contributed by atoms with Crippen molar-refractivity contribution < 1.29 is 14.0 Å². The average Bonchev–Trinajstić information content (AvgIpc) is 3.70. The lowest BCUT2D eigenvalue weighted by molar-refractivity contribution is -0.133. The second-order valence-electron chi connectivity index (χ2n) is 11.2. The van der Waals surface area contributed by atoms with E-state index in [-0.39, 0.29) is 17.9 Å². The van der Waals surface area contributed by atoms with Gasteiger partial charge in [0.15, 0.2) is 10.9 Å². The molecule has 1 aliphatic heterocycles. The minimum atomic E-state index is -0.0307. The molecule has 226 valence electrons. The van der Waals surface area contributed by atoms with Crippen molar-refractivity contribution in [3.63, 3.8) is 0 Å². The highest BCUT2D eigenvalue weighted by Gasteiger charge is 2.30. The van der Waals surface area contributed by atoms with Crippen molar-refractivity contribution in [3.05, 3.63) is 83.6 Å². The molecule has 0 bridgehead atoms. The summed E-state index contributed by atoms with van der Waals surface area (Å²) in [5.74, 6) is 2.21. The van der Waals surface area contributed by atoms with Gasteiger partial charge in [0.1, 0.15) is 0 Å². The van der Waals surface area contributed by atoms with Crippen molar-refractivity contribution in [2.24, 2.45) is 0 Å². The molecule has 2 aromatic carbocycles. The van der Waals surface area contributed by atoms with Crippen LogP contribution >= 0.6 is 11.8 Å². The van der Waals surface area contributed by atoms with Crippen molar-refractivity contribution in [3.8, 4) is 17.3 Å². The smallest absolute Gasteiger partial charge is 0.254 e. The van der Waals surface area contributed by atoms with Gasteiger partial charge in [0.05, 0.1) is 6.26 Å². The monoisotopic (exact) mass is 599 g/mol. The molecule has 9 heteroatoms. The van der Waals surface area contributed by atoms with E-state index in [1.54, 1.807) is 18.0 Å². The third-order valence-electron chi connectivity index (χ3n) is 7.94. The molecule has 1 fully saturated rings. The molecule has 0 aliphatic carbocycles. The third kappa shape index (κ3) is 7.57. The van der Waals surface area contributed by atoms with Crippen LogP contribution in [0.3, 0.4) is 0 Å². The quantitative estimate of drug-likeness (QED) is 0.131. The molecule has 4 aromatic rings. The predicted octanol–water partition coefficient (Wildman–Crippen LogP) is 6.81. The molecule has 1 saturated heterocycles. The molecular formula is C34H41N5O3S. The first-order chi connectivity index (χ1) is 20.9. The molecule has 0 N–H and O–H groups in total. The number of aromatic nitrogens is 3. The highest BCUT2D eigenvalue weighted by molar-refractivity contribution is 7.99. The van der Waals surface area contributed by atoms with Gasteiger partial charge < -0.3 is 14.2 Å². The zero-order valence-electron chi connectivity index (χ0n) is 25.4. The molecule has 2 amide bonds. The summed E-state index contributed by atoms with van der Waals surface area (Å²) in [6, 6.07) is 20.0. The van der Waals surface area contributed by atoms with Crippen LogP contribution in [-0.2, 0) is 11.2 Å². The van der Waals surface area contributed by atoms with E-state index in [2.05, 4.69) is 48.3 Å². The normalized spacial score (nSPS) is 15.2. The Kier molecular flexibility index (Phi) is 10.4. The number of hydrogen-bond donors (Lipinski definition) is 0. The van der Waals surface area contributed by atoms with Gasteiger partial charge in [-0.25, -0.2) is 0 Å². The highest BCUT2D eigenvalue weighted by Crippen LogP contribution is 2.29. The summed E-state index contributed by atoms with van der Waals surface area (Å²) >= 11 is 1.59. The third-order valence-corrected chi connectivity index (χ3v) is 8.96. The van der Waals surface area contributed by atoms with Crippen molar-refractivity contribution in [2.45, 2.75) is 70.5 Å². The minimum Gasteiger partial charge on any atom is -0.461 e. The first kappa shape index (κ1) is 30.6. The van der Waals surface area contributed by atoms with Gasteiger partial charge in [-0.15, -0.1) is 10.2 Å². The van der Waals surface area contributed by atoms with E-state index in [1.807, 2.05) is 57.7 Å². The van der Waals surface area contributed by atoms with Crippen LogP contribution in [0.2, 0.25) is 0 Å². The fourth-order valence-electron chi connectivity index (χ4n) is 5.45. The van der Waals surface area contributed by atoms with Crippen LogP contribution in [0.15, 0.2) is 76.5 Å². The van der Waals surface area contributed by atoms with Crippen molar-refractivity contribution in [1.29, 1.82) is 0 Å². The summed E-state index contributed by atoms with van der Waals surface area (Å²) in [5.41, 5.74) is 4.14. The van der Waals surface area contributed by atoms with E-state index in [4.69, 9.17) is 4.42 Å². The summed E-state index contributed by atoms with van der Waals surface area (Å²) in [6.45, 7) is 7.96. The number of benzene rings is 2. The SMILES string of the molecule is CCCCCc1ccc(C(=O)N2CCN(C(=O)CCCSc3nnc(-c4ccco4)n3-c3ccc(C)cc3)CC2C)cc1. The van der Waals surface area contributed by atoms with Crippen LogP contribution < -0.4 is 0 Å². The summed E-state index contributed by atoms with van der Waals surface area (Å²) in [7, 11) is 0. The number of nitrogens with zero attached hydrogens (tertiary/aromatic N) is 5. The molecule has 0 saturated carbocycles. The van der Waals surface area contributed by atoms with E-state index in [0.29, 0.717) is 37.6 Å². The van der Waals surface area contributed by atoms with Gasteiger partial charge in [-0.1, -0.05) is 61.4 Å². The van der Waals surface area contributed by atoms with Gasteiger partial charge in [0, 0.05) is 49.1 Å². The lowest BCUT2D eigenvalue weighted by atomic mass is 10.0. The number of unbranched alkanes of at least 4 members (excludes halogenated alkanes) is 2. The van der Waals surface area contributed by atoms with Crippen molar-refractivity contribution in [1.82, 2.24) is 24.6 Å². The Morgan fingerprint density at radius 1 is 0.977 bits per heavy atom. The number of carbonyl (C=O) groups excluding carboxylic acids is 2. The molecule has 2 aromatic heterocycles. The van der Waals surface area contributed by atoms with Gasteiger partial charge in [0.2, 0.25) is 11.7 Å². The Balaban J connectivity index is 1.12. The number of hydrogen-bond acceptors (Lipinski definition) is 6. The first-order valence-corrected chi connectivity index (χ1v) is 16.3. The van der Waals surface area contributed by atoms with Crippen LogP contribution in [-0.4, -0.2) is 67.8 Å². The molecule has 5 rings (SSSR count). The van der Waals surface area contributed by atoms with Gasteiger partial charge in [-0.2, -0.15) is 0 Å². The Hall–Kier alpha value is -3.85. The van der Waals surface area contributed by atoms with Crippen LogP contribution in [0.5, 0.6) is 0 Å². The van der Waals surface area contributed by atoms with E-state index < -0.39 is 0 Å². The Morgan fingerprint density at radius 3 is 2.47 bits per heavy atom. The van der Waals surface area contributed by atoms with Gasteiger partial charge in [0.25, 0.3) is 5.91 Å². The zero-order chi connectivity index (χ0) is 30.2. The lowest BCUT2D eigenvalue weighted by Crippen LogP contribution is -2.55. The molecule has 0 spiro atoms. The highest BCUT2D eigenvalue weighted by atomic mass is 32.2. The minimum absolute atomic E-state index is 0.0307. The summed E-state index contributed by atoms with van der Waals surface area (Å²) < 4.78 is 7.62. The molecule has 1 atom stereocenters. The summed E-state index contributed by atoms with van der Waals surface area (Å²) in [6.07, 6.45) is 7.47. The summed E-state index contributed by atoms with van der Waals surface area (Å²) in [5, 5.41) is 9.61. The second kappa shape index (κ2) is 14.6. The van der Waals surface area contributed by atoms with Crippen molar-refractivity contribution >= 4 is 23.6 Å². The maximum atomic E-state index is 13.2. The van der Waals surface area contributed by atoms with Crippen LogP contribution in [0.25, 0.3) is 17.3 Å². The van der Waals surface area contributed by atoms with Gasteiger partial charge in [-0.3, -0.25) is 14.2 Å². The number of rotatable bonds is 12. The molecule has 0 radical (unpaired) electrons. The Bertz CT molecular complexity index is 1480.